The molecule has 3 aromatic rings. The van der Waals surface area contributed by atoms with Crippen LogP contribution < -0.4 is 4.90 Å². The van der Waals surface area contributed by atoms with E-state index in [1.807, 2.05) is 13.8 Å². The largest absolute Gasteiger partial charge is 0.424 e. The van der Waals surface area contributed by atoms with E-state index in [-0.39, 0.29) is 38.8 Å². The number of aryl methyl sites for hydroxylation is 3. The zero-order valence-electron chi connectivity index (χ0n) is 17.3. The molecule has 0 fully saturated rings. The van der Waals surface area contributed by atoms with Crippen LogP contribution in [0.2, 0.25) is 0 Å². The van der Waals surface area contributed by atoms with Crippen molar-refractivity contribution in [3.63, 3.8) is 0 Å². The minimum Gasteiger partial charge on any atom is -0.424 e. The van der Waals surface area contributed by atoms with E-state index < -0.39 is 19.7 Å². The Bertz CT molecular complexity index is 1240. The molecule has 0 N–H and O–H groups in total. The van der Waals surface area contributed by atoms with Gasteiger partial charge in [0.15, 0.2) is 15.7 Å². The quantitative estimate of drug-likeness (QED) is 0.547. The summed E-state index contributed by atoms with van der Waals surface area (Å²) in [6.07, 6.45) is -0.0412. The van der Waals surface area contributed by atoms with Gasteiger partial charge in [0.25, 0.3) is 0 Å². The van der Waals surface area contributed by atoms with Gasteiger partial charge in [0.1, 0.15) is 0 Å². The van der Waals surface area contributed by atoms with Crippen molar-refractivity contribution in [3.05, 3.63) is 65.5 Å². The molecule has 0 saturated carbocycles. The second-order valence-electron chi connectivity index (χ2n) is 7.31. The fourth-order valence-electron chi connectivity index (χ4n) is 2.82. The molecule has 1 aromatic heterocycles. The van der Waals surface area contributed by atoms with Crippen LogP contribution in [-0.2, 0) is 26.1 Å². The van der Waals surface area contributed by atoms with Crippen molar-refractivity contribution in [2.45, 2.75) is 35.1 Å². The van der Waals surface area contributed by atoms with Crippen LogP contribution in [0.5, 0.6) is 0 Å². The second-order valence-corrected chi connectivity index (χ2v) is 11.3. The summed E-state index contributed by atoms with van der Waals surface area (Å²) in [5.74, 6) is -0.119. The van der Waals surface area contributed by atoms with Gasteiger partial charge < -0.3 is 9.32 Å². The molecule has 0 aliphatic rings. The van der Waals surface area contributed by atoms with Crippen LogP contribution in [0.1, 0.15) is 17.0 Å². The van der Waals surface area contributed by atoms with Gasteiger partial charge in [-0.15, -0.1) is 0 Å². The Morgan fingerprint density at radius 2 is 1.33 bits per heavy atom. The Hall–Kier alpha value is -2.65. The fraction of sp³-hybridized carbons (Fsp3) is 0.286. The Balaban J connectivity index is 1.91. The number of benzene rings is 2. The van der Waals surface area contributed by atoms with Gasteiger partial charge in [0.2, 0.25) is 20.7 Å². The van der Waals surface area contributed by atoms with Crippen molar-refractivity contribution in [1.82, 2.24) is 4.98 Å². The monoisotopic (exact) mass is 448 g/mol. The zero-order valence-corrected chi connectivity index (χ0v) is 18.9. The minimum absolute atomic E-state index is 0.0412. The Kier molecular flexibility index (Phi) is 6.05. The fourth-order valence-corrected chi connectivity index (χ4v) is 5.44. The number of oxazole rings is 1. The number of nitrogens with zero attached hydrogens (tertiary/aromatic N) is 2. The molecule has 2 aromatic carbocycles. The maximum absolute atomic E-state index is 13.1. The number of hydrogen-bond donors (Lipinski definition) is 0. The Labute approximate surface area is 177 Å². The van der Waals surface area contributed by atoms with Gasteiger partial charge in [-0.2, -0.15) is 4.98 Å². The molecule has 0 aliphatic heterocycles. The standard InChI is InChI=1S/C21H24N2O5S2/c1-15-5-9-17(10-6-15)29(24,25)14-13-19-22-20(21(28-19)23(3)4)30(26,27)18-11-7-16(2)8-12-18/h5-12H,13-14H2,1-4H3. The first-order valence-electron chi connectivity index (χ1n) is 9.29. The molecule has 0 spiro atoms. The van der Waals surface area contributed by atoms with Crippen LogP contribution in [0, 0.1) is 13.8 Å². The minimum atomic E-state index is -3.92. The molecular weight excluding hydrogens is 424 g/mol. The van der Waals surface area contributed by atoms with Crippen LogP contribution in [-0.4, -0.2) is 41.7 Å². The molecule has 160 valence electrons. The SMILES string of the molecule is Cc1ccc(S(=O)(=O)CCc2nc(S(=O)(=O)c3ccc(C)cc3)c(N(C)C)o2)cc1. The summed E-state index contributed by atoms with van der Waals surface area (Å²) >= 11 is 0. The second kappa shape index (κ2) is 8.23. The Morgan fingerprint density at radius 1 is 0.833 bits per heavy atom. The van der Waals surface area contributed by atoms with Gasteiger partial charge in [0.05, 0.1) is 15.5 Å². The highest BCUT2D eigenvalue weighted by molar-refractivity contribution is 7.91. The average molecular weight is 449 g/mol. The first-order chi connectivity index (χ1) is 14.0. The van der Waals surface area contributed by atoms with Crippen LogP contribution in [0.4, 0.5) is 5.88 Å². The van der Waals surface area contributed by atoms with E-state index in [1.54, 1.807) is 50.5 Å². The number of hydrogen-bond acceptors (Lipinski definition) is 7. The highest BCUT2D eigenvalue weighted by Crippen LogP contribution is 2.30. The molecule has 0 bridgehead atoms. The molecular formula is C21H24N2O5S2. The van der Waals surface area contributed by atoms with E-state index in [9.17, 15) is 16.8 Å². The van der Waals surface area contributed by atoms with E-state index in [2.05, 4.69) is 4.98 Å². The van der Waals surface area contributed by atoms with Gasteiger partial charge in [-0.1, -0.05) is 35.4 Å². The van der Waals surface area contributed by atoms with Gasteiger partial charge in [-0.05, 0) is 38.1 Å². The third-order valence-electron chi connectivity index (χ3n) is 4.58. The topological polar surface area (TPSA) is 97.5 Å². The summed E-state index contributed by atoms with van der Waals surface area (Å²) < 4.78 is 57.0. The molecule has 0 atom stereocenters. The van der Waals surface area contributed by atoms with E-state index in [0.717, 1.165) is 11.1 Å². The van der Waals surface area contributed by atoms with Crippen molar-refractivity contribution in [3.8, 4) is 0 Å². The number of rotatable bonds is 7. The van der Waals surface area contributed by atoms with E-state index in [4.69, 9.17) is 4.42 Å². The summed E-state index contributed by atoms with van der Waals surface area (Å²) in [7, 11) is -4.19. The molecule has 0 amide bonds. The lowest BCUT2D eigenvalue weighted by Gasteiger charge is -2.10. The highest BCUT2D eigenvalue weighted by atomic mass is 32.2. The van der Waals surface area contributed by atoms with Crippen LogP contribution in [0.25, 0.3) is 0 Å². The Morgan fingerprint density at radius 3 is 1.83 bits per heavy atom. The van der Waals surface area contributed by atoms with Gasteiger partial charge >= 0.3 is 0 Å². The molecule has 7 nitrogen and oxygen atoms in total. The maximum atomic E-state index is 13.1. The number of anilines is 1. The average Bonchev–Trinajstić information content (AvgIpc) is 3.13. The third-order valence-corrected chi connectivity index (χ3v) is 7.98. The van der Waals surface area contributed by atoms with Crippen molar-refractivity contribution in [1.29, 1.82) is 0 Å². The van der Waals surface area contributed by atoms with Gasteiger partial charge in [-0.3, -0.25) is 0 Å². The third kappa shape index (κ3) is 4.57. The van der Waals surface area contributed by atoms with Crippen molar-refractivity contribution in [2.75, 3.05) is 24.7 Å². The molecule has 0 aliphatic carbocycles. The van der Waals surface area contributed by atoms with Crippen molar-refractivity contribution in [2.24, 2.45) is 0 Å². The normalized spacial score (nSPS) is 12.1. The number of sulfone groups is 2. The first-order valence-corrected chi connectivity index (χ1v) is 12.4. The zero-order chi connectivity index (χ0) is 22.1. The van der Waals surface area contributed by atoms with Crippen LogP contribution in [0.15, 0.2) is 67.8 Å². The lowest BCUT2D eigenvalue weighted by Crippen LogP contribution is -2.13. The molecule has 30 heavy (non-hydrogen) atoms. The summed E-state index contributed by atoms with van der Waals surface area (Å²) in [6.45, 7) is 3.74. The lowest BCUT2D eigenvalue weighted by molar-refractivity contribution is 0.499. The van der Waals surface area contributed by atoms with E-state index in [1.165, 1.54) is 17.0 Å². The molecule has 0 saturated heterocycles. The summed E-state index contributed by atoms with van der Waals surface area (Å²) in [6, 6.07) is 13.0. The first kappa shape index (κ1) is 22.0. The van der Waals surface area contributed by atoms with Crippen molar-refractivity contribution < 1.29 is 21.3 Å². The van der Waals surface area contributed by atoms with Crippen molar-refractivity contribution >= 4 is 25.6 Å². The summed E-state index contributed by atoms with van der Waals surface area (Å²) in [4.78, 5) is 5.97. The van der Waals surface area contributed by atoms with Gasteiger partial charge in [0, 0.05) is 20.5 Å². The molecule has 3 rings (SSSR count). The van der Waals surface area contributed by atoms with Gasteiger partial charge in [-0.25, -0.2) is 16.8 Å². The number of aromatic nitrogens is 1. The smallest absolute Gasteiger partial charge is 0.235 e. The highest BCUT2D eigenvalue weighted by Gasteiger charge is 2.29. The summed E-state index contributed by atoms with van der Waals surface area (Å²) in [5, 5.41) is -0.223. The summed E-state index contributed by atoms with van der Waals surface area (Å²) in [5.41, 5.74) is 1.90. The molecule has 9 heteroatoms. The van der Waals surface area contributed by atoms with Crippen LogP contribution in [0.3, 0.4) is 0 Å². The predicted molar refractivity (Wildman–Crippen MR) is 114 cm³/mol. The molecule has 0 unspecified atom stereocenters. The van der Waals surface area contributed by atoms with Crippen LogP contribution >= 0.6 is 0 Å². The van der Waals surface area contributed by atoms with E-state index >= 15 is 0 Å². The molecule has 0 radical (unpaired) electrons. The maximum Gasteiger partial charge on any atom is 0.235 e. The van der Waals surface area contributed by atoms with E-state index in [0.29, 0.717) is 0 Å². The lowest BCUT2D eigenvalue weighted by atomic mass is 10.2. The molecule has 1 heterocycles. The predicted octanol–water partition coefficient (Wildman–Crippen LogP) is 3.21.